The van der Waals surface area contributed by atoms with Crippen molar-refractivity contribution < 1.29 is 13.2 Å². The summed E-state index contributed by atoms with van der Waals surface area (Å²) in [5, 5.41) is 2.96. The number of hydrogen-bond acceptors (Lipinski definition) is 3. The zero-order chi connectivity index (χ0) is 23.3. The third-order valence-corrected chi connectivity index (χ3v) is 7.20. The van der Waals surface area contributed by atoms with Gasteiger partial charge in [0.1, 0.15) is 0 Å². The molecule has 0 heterocycles. The lowest BCUT2D eigenvalue weighted by Crippen LogP contribution is -2.26. The highest BCUT2D eigenvalue weighted by Gasteiger charge is 2.21. The van der Waals surface area contributed by atoms with E-state index in [1.165, 1.54) is 35.6 Å². The molecular weight excluding hydrogens is 432 g/mol. The zero-order valence-corrected chi connectivity index (χ0v) is 19.0. The fraction of sp³-hybridized carbons (Fsp3) is 0.0741. The molecule has 4 aromatic rings. The Labute approximate surface area is 194 Å². The average molecular weight is 457 g/mol. The largest absolute Gasteiger partial charge is 0.322 e. The summed E-state index contributed by atoms with van der Waals surface area (Å²) in [6.07, 6.45) is 0.695. The van der Waals surface area contributed by atoms with Gasteiger partial charge in [-0.25, -0.2) is 8.42 Å². The molecule has 0 aromatic heterocycles. The van der Waals surface area contributed by atoms with E-state index in [0.717, 1.165) is 16.8 Å². The molecule has 0 unspecified atom stereocenters. The summed E-state index contributed by atoms with van der Waals surface area (Å²) in [5.74, 6) is -0.295. The molecule has 0 aliphatic heterocycles. The van der Waals surface area contributed by atoms with Gasteiger partial charge >= 0.3 is 0 Å². The Bertz CT molecular complexity index is 1340. The molecule has 0 spiro atoms. The molecule has 0 radical (unpaired) electrons. The molecule has 0 aliphatic rings. The zero-order valence-electron chi connectivity index (χ0n) is 18.2. The number of carbonyl (C=O) groups excluding carboxylic acids is 1. The summed E-state index contributed by atoms with van der Waals surface area (Å²) in [4.78, 5) is 13.0. The molecule has 33 heavy (non-hydrogen) atoms. The van der Waals surface area contributed by atoms with Crippen molar-refractivity contribution in [1.82, 2.24) is 0 Å². The van der Waals surface area contributed by atoms with E-state index < -0.39 is 10.0 Å². The van der Waals surface area contributed by atoms with Crippen molar-refractivity contribution in [2.75, 3.05) is 16.7 Å². The first-order chi connectivity index (χ1) is 15.9. The van der Waals surface area contributed by atoms with E-state index >= 15 is 0 Å². The van der Waals surface area contributed by atoms with Gasteiger partial charge < -0.3 is 5.32 Å². The molecule has 6 heteroatoms. The standard InChI is InChI=1S/C27H24N2O3S/c1-29(24-13-6-3-7-14-24)33(31,32)25-18-16-22(17-19-25)27(30)28-26-15-9-8-12-23(26)20-21-10-4-2-5-11-21/h2-19H,20H2,1H3,(H,28,30). The minimum absolute atomic E-state index is 0.120. The normalized spacial score (nSPS) is 11.1. The highest BCUT2D eigenvalue weighted by atomic mass is 32.2. The molecule has 0 bridgehead atoms. The quantitative estimate of drug-likeness (QED) is 0.407. The van der Waals surface area contributed by atoms with Crippen molar-refractivity contribution in [3.63, 3.8) is 0 Å². The molecule has 0 saturated heterocycles. The van der Waals surface area contributed by atoms with Crippen molar-refractivity contribution in [2.45, 2.75) is 11.3 Å². The number of anilines is 2. The summed E-state index contributed by atoms with van der Waals surface area (Å²) in [7, 11) is -2.22. The predicted molar refractivity (Wildman–Crippen MR) is 132 cm³/mol. The topological polar surface area (TPSA) is 66.5 Å². The maximum Gasteiger partial charge on any atom is 0.264 e. The van der Waals surface area contributed by atoms with Gasteiger partial charge in [0.05, 0.1) is 10.6 Å². The SMILES string of the molecule is CN(c1ccccc1)S(=O)(=O)c1ccc(C(=O)Nc2ccccc2Cc2ccccc2)cc1. The second-order valence-corrected chi connectivity index (χ2v) is 9.58. The van der Waals surface area contributed by atoms with Crippen LogP contribution in [0.4, 0.5) is 11.4 Å². The molecule has 5 nitrogen and oxygen atoms in total. The summed E-state index contributed by atoms with van der Waals surface area (Å²) in [6.45, 7) is 0. The Morgan fingerprint density at radius 1 is 0.758 bits per heavy atom. The first-order valence-electron chi connectivity index (χ1n) is 10.5. The number of benzene rings is 4. The van der Waals surface area contributed by atoms with Crippen molar-refractivity contribution in [3.8, 4) is 0 Å². The highest BCUT2D eigenvalue weighted by molar-refractivity contribution is 7.92. The van der Waals surface area contributed by atoms with E-state index in [2.05, 4.69) is 5.32 Å². The van der Waals surface area contributed by atoms with Gasteiger partial charge in [-0.1, -0.05) is 66.7 Å². The van der Waals surface area contributed by atoms with Crippen molar-refractivity contribution >= 4 is 27.3 Å². The Balaban J connectivity index is 1.51. The molecule has 0 aliphatic carbocycles. The number of sulfonamides is 1. The monoisotopic (exact) mass is 456 g/mol. The second-order valence-electron chi connectivity index (χ2n) is 7.61. The number of nitrogens with zero attached hydrogens (tertiary/aromatic N) is 1. The molecule has 0 atom stereocenters. The van der Waals surface area contributed by atoms with Gasteiger partial charge in [0, 0.05) is 18.3 Å². The Hall–Kier alpha value is -3.90. The lowest BCUT2D eigenvalue weighted by Gasteiger charge is -2.19. The fourth-order valence-corrected chi connectivity index (χ4v) is 4.72. The van der Waals surface area contributed by atoms with Crippen LogP contribution < -0.4 is 9.62 Å². The van der Waals surface area contributed by atoms with Gasteiger partial charge in [0.25, 0.3) is 15.9 Å². The molecule has 1 amide bonds. The first kappa shape index (κ1) is 22.3. The van der Waals surface area contributed by atoms with E-state index in [1.54, 1.807) is 24.3 Å². The van der Waals surface area contributed by atoms with Crippen LogP contribution in [0.25, 0.3) is 0 Å². The molecule has 0 saturated carbocycles. The van der Waals surface area contributed by atoms with E-state index in [1.807, 2.05) is 60.7 Å². The lowest BCUT2D eigenvalue weighted by molar-refractivity contribution is 0.102. The number of para-hydroxylation sites is 2. The second kappa shape index (κ2) is 9.71. The number of nitrogens with one attached hydrogen (secondary N) is 1. The third-order valence-electron chi connectivity index (χ3n) is 5.40. The van der Waals surface area contributed by atoms with Gasteiger partial charge in [0.15, 0.2) is 0 Å². The summed E-state index contributed by atoms with van der Waals surface area (Å²) in [6, 6.07) is 32.5. The molecule has 1 N–H and O–H groups in total. The smallest absolute Gasteiger partial charge is 0.264 e. The van der Waals surface area contributed by atoms with Crippen molar-refractivity contribution in [2.24, 2.45) is 0 Å². The van der Waals surface area contributed by atoms with Gasteiger partial charge in [-0.2, -0.15) is 0 Å². The van der Waals surface area contributed by atoms with Crippen LogP contribution in [0.3, 0.4) is 0 Å². The maximum absolute atomic E-state index is 12.9. The van der Waals surface area contributed by atoms with E-state index in [0.29, 0.717) is 17.7 Å². The van der Waals surface area contributed by atoms with Crippen LogP contribution in [-0.4, -0.2) is 21.4 Å². The van der Waals surface area contributed by atoms with Crippen molar-refractivity contribution in [3.05, 3.63) is 126 Å². The summed E-state index contributed by atoms with van der Waals surface area (Å²) >= 11 is 0. The van der Waals surface area contributed by atoms with E-state index in [4.69, 9.17) is 0 Å². The molecule has 4 aromatic carbocycles. The number of rotatable bonds is 7. The molecule has 4 rings (SSSR count). The van der Waals surface area contributed by atoms with Gasteiger partial charge in [-0.3, -0.25) is 9.10 Å². The van der Waals surface area contributed by atoms with Crippen LogP contribution in [0.5, 0.6) is 0 Å². The molecule has 0 fully saturated rings. The third kappa shape index (κ3) is 5.13. The molecular formula is C27H24N2O3S. The van der Waals surface area contributed by atoms with Gasteiger partial charge in [-0.05, 0) is 60.0 Å². The van der Waals surface area contributed by atoms with Crippen LogP contribution in [-0.2, 0) is 16.4 Å². The van der Waals surface area contributed by atoms with Crippen LogP contribution in [0, 0.1) is 0 Å². The van der Waals surface area contributed by atoms with Crippen LogP contribution >= 0.6 is 0 Å². The van der Waals surface area contributed by atoms with Gasteiger partial charge in [0.2, 0.25) is 0 Å². The highest BCUT2D eigenvalue weighted by Crippen LogP contribution is 2.23. The fourth-order valence-electron chi connectivity index (χ4n) is 3.52. The van der Waals surface area contributed by atoms with E-state index in [9.17, 15) is 13.2 Å². The Morgan fingerprint density at radius 2 is 1.33 bits per heavy atom. The van der Waals surface area contributed by atoms with Crippen LogP contribution in [0.2, 0.25) is 0 Å². The average Bonchev–Trinajstić information content (AvgIpc) is 2.86. The minimum atomic E-state index is -3.73. The first-order valence-corrected chi connectivity index (χ1v) is 12.0. The van der Waals surface area contributed by atoms with Gasteiger partial charge in [-0.15, -0.1) is 0 Å². The van der Waals surface area contributed by atoms with E-state index in [-0.39, 0.29) is 10.8 Å². The summed E-state index contributed by atoms with van der Waals surface area (Å²) in [5.41, 5.74) is 3.82. The minimum Gasteiger partial charge on any atom is -0.322 e. The Morgan fingerprint density at radius 3 is 2.00 bits per heavy atom. The van der Waals surface area contributed by atoms with Crippen LogP contribution in [0.15, 0.2) is 114 Å². The lowest BCUT2D eigenvalue weighted by atomic mass is 10.0. The number of carbonyl (C=O) groups is 1. The number of hydrogen-bond donors (Lipinski definition) is 1. The predicted octanol–water partition coefficient (Wildman–Crippen LogP) is 5.35. The summed E-state index contributed by atoms with van der Waals surface area (Å²) < 4.78 is 27.1. The number of amides is 1. The maximum atomic E-state index is 12.9. The molecule has 166 valence electrons. The van der Waals surface area contributed by atoms with Crippen molar-refractivity contribution in [1.29, 1.82) is 0 Å². The Kier molecular flexibility index (Phi) is 6.56. The van der Waals surface area contributed by atoms with Crippen LogP contribution in [0.1, 0.15) is 21.5 Å².